The van der Waals surface area contributed by atoms with Crippen LogP contribution in [0.2, 0.25) is 0 Å². The van der Waals surface area contributed by atoms with E-state index < -0.39 is 5.92 Å². The van der Waals surface area contributed by atoms with Crippen molar-refractivity contribution in [1.82, 2.24) is 9.80 Å². The fourth-order valence-electron chi connectivity index (χ4n) is 5.61. The Labute approximate surface area is 238 Å². The molecular weight excluding hydrogens is 508 g/mol. The summed E-state index contributed by atoms with van der Waals surface area (Å²) in [6.45, 7) is 9.63. The highest BCUT2D eigenvalue weighted by molar-refractivity contribution is 5.79. The number of carbonyl (C=O) groups excluding carboxylic acids is 2. The molecule has 2 aromatic carbocycles. The summed E-state index contributed by atoms with van der Waals surface area (Å²) < 4.78 is 23.0. The molecule has 40 heavy (non-hydrogen) atoms. The molecule has 2 aliphatic heterocycles. The third-order valence-corrected chi connectivity index (χ3v) is 7.79. The van der Waals surface area contributed by atoms with E-state index in [4.69, 9.17) is 18.9 Å². The number of hydrogen-bond acceptors (Lipinski definition) is 7. The van der Waals surface area contributed by atoms with Crippen LogP contribution in [0.5, 0.6) is 11.5 Å². The maximum Gasteiger partial charge on any atom is 0.311 e. The first-order chi connectivity index (χ1) is 19.5. The van der Waals surface area contributed by atoms with Crippen molar-refractivity contribution >= 4 is 11.9 Å². The van der Waals surface area contributed by atoms with Crippen molar-refractivity contribution in [2.75, 3.05) is 46.2 Å². The number of rotatable bonds is 15. The lowest BCUT2D eigenvalue weighted by molar-refractivity contribution is -0.150. The first-order valence-electron chi connectivity index (χ1n) is 14.7. The molecule has 0 aliphatic carbocycles. The number of benzene rings is 2. The van der Waals surface area contributed by atoms with Gasteiger partial charge >= 0.3 is 5.97 Å². The van der Waals surface area contributed by atoms with Gasteiger partial charge in [-0.05, 0) is 43.0 Å². The molecule has 4 rings (SSSR count). The molecule has 3 unspecified atom stereocenters. The number of likely N-dealkylation sites (tertiary alicyclic amines) is 1. The number of unbranched alkanes of at least 4 members (excludes halogenated alkanes) is 2. The van der Waals surface area contributed by atoms with E-state index in [2.05, 4.69) is 18.7 Å². The summed E-state index contributed by atoms with van der Waals surface area (Å²) in [5.74, 6) is 0.560. The van der Waals surface area contributed by atoms with Crippen molar-refractivity contribution < 1.29 is 28.5 Å². The molecule has 0 saturated carbocycles. The summed E-state index contributed by atoms with van der Waals surface area (Å²) in [5.41, 5.74) is 2.03. The van der Waals surface area contributed by atoms with Crippen molar-refractivity contribution in [3.05, 3.63) is 59.7 Å². The largest absolute Gasteiger partial charge is 0.466 e. The maximum atomic E-state index is 13.6. The van der Waals surface area contributed by atoms with Crippen LogP contribution in [-0.2, 0) is 25.7 Å². The lowest BCUT2D eigenvalue weighted by Crippen LogP contribution is -2.46. The number of hydrogen-bond donors (Lipinski definition) is 0. The number of nitrogens with zero attached hydrogens (tertiary/aromatic N) is 2. The fraction of sp³-hybridized carbons (Fsp3) is 0.562. The van der Waals surface area contributed by atoms with E-state index in [0.717, 1.165) is 49.9 Å². The van der Waals surface area contributed by atoms with Gasteiger partial charge in [0.15, 0.2) is 11.5 Å². The number of amides is 1. The van der Waals surface area contributed by atoms with Crippen molar-refractivity contribution in [3.63, 3.8) is 0 Å². The zero-order valence-electron chi connectivity index (χ0n) is 24.2. The van der Waals surface area contributed by atoms with Crippen molar-refractivity contribution in [1.29, 1.82) is 0 Å². The van der Waals surface area contributed by atoms with Gasteiger partial charge in [0.05, 0.1) is 32.3 Å². The van der Waals surface area contributed by atoms with Gasteiger partial charge in [0.1, 0.15) is 0 Å². The van der Waals surface area contributed by atoms with Gasteiger partial charge < -0.3 is 23.8 Å². The van der Waals surface area contributed by atoms with E-state index in [-0.39, 0.29) is 37.2 Å². The van der Waals surface area contributed by atoms with Gasteiger partial charge in [0.2, 0.25) is 12.7 Å². The molecule has 0 radical (unpaired) electrons. The van der Waals surface area contributed by atoms with Crippen LogP contribution in [0, 0.1) is 5.92 Å². The average molecular weight is 553 g/mol. The molecule has 3 atom stereocenters. The van der Waals surface area contributed by atoms with Crippen molar-refractivity contribution in [3.8, 4) is 11.5 Å². The molecule has 2 aromatic rings. The third kappa shape index (κ3) is 7.55. The lowest BCUT2D eigenvalue weighted by Gasteiger charge is -2.30. The molecule has 0 bridgehead atoms. The Morgan fingerprint density at radius 3 is 2.40 bits per heavy atom. The van der Waals surface area contributed by atoms with Gasteiger partial charge in [-0.2, -0.15) is 0 Å². The normalized spacial score (nSPS) is 20.0. The fourth-order valence-corrected chi connectivity index (χ4v) is 5.61. The highest BCUT2D eigenvalue weighted by Crippen LogP contribution is 2.42. The van der Waals surface area contributed by atoms with Gasteiger partial charge in [-0.3, -0.25) is 14.5 Å². The van der Waals surface area contributed by atoms with Gasteiger partial charge in [0.25, 0.3) is 0 Å². The second-order valence-electron chi connectivity index (χ2n) is 10.6. The molecule has 1 saturated heterocycles. The standard InChI is InChI=1S/C32H44N2O6/c1-4-7-16-33(17-8-5-2)30(35)20-34-19-26(25-14-15-28-29(18-25)40-23-39-28)31(32(36)38-6-3)27(34)22-37-21-24-12-10-9-11-13-24/h9-15,18,26-27,31H,4-8,16-17,19-23H2,1-3H3. The first-order valence-corrected chi connectivity index (χ1v) is 14.7. The van der Waals surface area contributed by atoms with Gasteiger partial charge in [-0.25, -0.2) is 0 Å². The molecule has 2 aliphatic rings. The summed E-state index contributed by atoms with van der Waals surface area (Å²) in [4.78, 5) is 31.3. The Kier molecular flexibility index (Phi) is 11.2. The van der Waals surface area contributed by atoms with Crippen LogP contribution in [0.3, 0.4) is 0 Å². The quantitative estimate of drug-likeness (QED) is 0.288. The molecular formula is C32H44N2O6. The van der Waals surface area contributed by atoms with E-state index in [9.17, 15) is 9.59 Å². The maximum absolute atomic E-state index is 13.6. The highest BCUT2D eigenvalue weighted by Gasteiger charge is 2.48. The Hall–Kier alpha value is -3.10. The lowest BCUT2D eigenvalue weighted by atomic mass is 9.85. The zero-order valence-corrected chi connectivity index (χ0v) is 24.2. The van der Waals surface area contributed by atoms with Gasteiger partial charge in [-0.15, -0.1) is 0 Å². The van der Waals surface area contributed by atoms with E-state index in [1.807, 2.05) is 60.4 Å². The summed E-state index contributed by atoms with van der Waals surface area (Å²) in [6, 6.07) is 15.5. The van der Waals surface area contributed by atoms with Crippen LogP contribution in [0.4, 0.5) is 0 Å². The Morgan fingerprint density at radius 1 is 0.975 bits per heavy atom. The summed E-state index contributed by atoms with van der Waals surface area (Å²) in [7, 11) is 0. The molecule has 8 heteroatoms. The predicted octanol–water partition coefficient (Wildman–Crippen LogP) is 5.01. The molecule has 8 nitrogen and oxygen atoms in total. The second kappa shape index (κ2) is 15.1. The Bertz CT molecular complexity index is 1090. The minimum atomic E-state index is -0.483. The van der Waals surface area contributed by atoms with Gasteiger partial charge in [0, 0.05) is 31.6 Å². The predicted molar refractivity (Wildman–Crippen MR) is 153 cm³/mol. The minimum absolute atomic E-state index is 0.101. The SMILES string of the molecule is CCCCN(CCCC)C(=O)CN1CC(c2ccc3c(c2)OCO3)C(C(=O)OCC)C1COCc1ccccc1. The topological polar surface area (TPSA) is 77.5 Å². The van der Waals surface area contributed by atoms with Crippen LogP contribution in [0.25, 0.3) is 0 Å². The minimum Gasteiger partial charge on any atom is -0.466 e. The molecule has 0 aromatic heterocycles. The second-order valence-corrected chi connectivity index (χ2v) is 10.6. The Morgan fingerprint density at radius 2 is 1.70 bits per heavy atom. The van der Waals surface area contributed by atoms with E-state index in [1.165, 1.54) is 0 Å². The van der Waals surface area contributed by atoms with E-state index in [1.54, 1.807) is 0 Å². The molecule has 1 amide bonds. The molecule has 218 valence electrons. The van der Waals surface area contributed by atoms with Gasteiger partial charge in [-0.1, -0.05) is 63.1 Å². The molecule has 2 heterocycles. The smallest absolute Gasteiger partial charge is 0.311 e. The van der Waals surface area contributed by atoms with Crippen molar-refractivity contribution in [2.45, 2.75) is 65.0 Å². The van der Waals surface area contributed by atoms with E-state index in [0.29, 0.717) is 37.9 Å². The number of fused-ring (bicyclic) bond motifs is 1. The number of ether oxygens (including phenoxy) is 4. The highest BCUT2D eigenvalue weighted by atomic mass is 16.7. The summed E-state index contributed by atoms with van der Waals surface area (Å²) >= 11 is 0. The Balaban J connectivity index is 1.60. The average Bonchev–Trinajstić information content (AvgIpc) is 3.58. The number of carbonyl (C=O) groups is 2. The molecule has 0 spiro atoms. The van der Waals surface area contributed by atoms with Crippen LogP contribution < -0.4 is 9.47 Å². The van der Waals surface area contributed by atoms with Crippen LogP contribution in [0.15, 0.2) is 48.5 Å². The number of esters is 1. The molecule has 1 fully saturated rings. The third-order valence-electron chi connectivity index (χ3n) is 7.79. The summed E-state index contributed by atoms with van der Waals surface area (Å²) in [6.07, 6.45) is 4.02. The first kappa shape index (κ1) is 29.9. The van der Waals surface area contributed by atoms with E-state index >= 15 is 0 Å². The molecule has 0 N–H and O–H groups in total. The summed E-state index contributed by atoms with van der Waals surface area (Å²) in [5, 5.41) is 0. The van der Waals surface area contributed by atoms with Crippen LogP contribution in [-0.4, -0.2) is 73.9 Å². The van der Waals surface area contributed by atoms with Crippen LogP contribution in [0.1, 0.15) is 63.5 Å². The zero-order chi connectivity index (χ0) is 28.3. The van der Waals surface area contributed by atoms with Crippen LogP contribution >= 0.6 is 0 Å². The van der Waals surface area contributed by atoms with Crippen molar-refractivity contribution in [2.24, 2.45) is 5.92 Å². The monoisotopic (exact) mass is 552 g/mol.